The summed E-state index contributed by atoms with van der Waals surface area (Å²) in [5.41, 5.74) is 0.696. The van der Waals surface area contributed by atoms with Gasteiger partial charge in [-0.1, -0.05) is 43.7 Å². The fourth-order valence-electron chi connectivity index (χ4n) is 4.05. The summed E-state index contributed by atoms with van der Waals surface area (Å²) in [6.07, 6.45) is -0.0639. The molecule has 0 radical (unpaired) electrons. The molecule has 31 heavy (non-hydrogen) atoms. The van der Waals surface area contributed by atoms with Gasteiger partial charge in [0, 0.05) is 38.0 Å². The molecule has 166 valence electrons. The van der Waals surface area contributed by atoms with Crippen LogP contribution < -0.4 is 0 Å². The third-order valence-corrected chi connectivity index (χ3v) is 5.67. The number of carbonyl (C=O) groups is 2. The van der Waals surface area contributed by atoms with Gasteiger partial charge in [-0.25, -0.2) is 18.0 Å². The van der Waals surface area contributed by atoms with E-state index in [9.17, 15) is 27.9 Å². The normalized spacial score (nSPS) is 18.8. The van der Waals surface area contributed by atoms with E-state index in [0.29, 0.717) is 12.5 Å². The molecule has 1 heterocycles. The van der Waals surface area contributed by atoms with E-state index in [1.54, 1.807) is 0 Å². The molecule has 1 aliphatic heterocycles. The van der Waals surface area contributed by atoms with Crippen LogP contribution in [-0.2, 0) is 11.3 Å². The summed E-state index contributed by atoms with van der Waals surface area (Å²) < 4.78 is 41.9. The van der Waals surface area contributed by atoms with Crippen molar-refractivity contribution in [2.24, 2.45) is 0 Å². The Morgan fingerprint density at radius 2 is 1.81 bits per heavy atom. The van der Waals surface area contributed by atoms with Crippen molar-refractivity contribution in [3.63, 3.8) is 0 Å². The predicted octanol–water partition coefficient (Wildman–Crippen LogP) is 4.77. The molecule has 2 aromatic carbocycles. The predicted molar refractivity (Wildman–Crippen MR) is 109 cm³/mol. The van der Waals surface area contributed by atoms with Gasteiger partial charge in [0.15, 0.2) is 11.6 Å². The van der Waals surface area contributed by atoms with E-state index >= 15 is 0 Å². The van der Waals surface area contributed by atoms with Gasteiger partial charge >= 0.3 is 6.09 Å². The molecule has 2 atom stereocenters. The lowest BCUT2D eigenvalue weighted by Crippen LogP contribution is -2.55. The van der Waals surface area contributed by atoms with Gasteiger partial charge in [-0.05, 0) is 23.6 Å². The molecule has 3 rings (SSSR count). The molecule has 0 aromatic heterocycles. The Morgan fingerprint density at radius 1 is 1.13 bits per heavy atom. The summed E-state index contributed by atoms with van der Waals surface area (Å²) in [4.78, 5) is 27.6. The Balaban J connectivity index is 1.97. The van der Waals surface area contributed by atoms with Gasteiger partial charge in [0.1, 0.15) is 5.82 Å². The minimum atomic E-state index is -1.33. The van der Waals surface area contributed by atoms with E-state index < -0.39 is 35.5 Å². The summed E-state index contributed by atoms with van der Waals surface area (Å²) in [5.74, 6) is -4.76. The van der Waals surface area contributed by atoms with E-state index in [0.717, 1.165) is 18.1 Å². The van der Waals surface area contributed by atoms with Gasteiger partial charge in [-0.15, -0.1) is 0 Å². The maximum atomic E-state index is 14.6. The Kier molecular flexibility index (Phi) is 7.20. The summed E-state index contributed by atoms with van der Waals surface area (Å²) in [6.45, 7) is 2.43. The molecule has 1 fully saturated rings. The quantitative estimate of drug-likeness (QED) is 0.639. The Morgan fingerprint density at radius 3 is 2.45 bits per heavy atom. The number of carboxylic acid groups (broad SMARTS) is 1. The summed E-state index contributed by atoms with van der Waals surface area (Å²) >= 11 is 0. The highest BCUT2D eigenvalue weighted by Crippen LogP contribution is 2.35. The highest BCUT2D eigenvalue weighted by molar-refractivity contribution is 5.79. The van der Waals surface area contributed by atoms with Crippen LogP contribution in [0.1, 0.15) is 43.2 Å². The number of unbranched alkanes of at least 4 members (excludes halogenated alkanes) is 1. The number of amides is 2. The Hall–Kier alpha value is -3.03. The van der Waals surface area contributed by atoms with E-state index in [2.05, 4.69) is 0 Å². The van der Waals surface area contributed by atoms with Crippen molar-refractivity contribution in [3.8, 4) is 0 Å². The molecule has 5 nitrogen and oxygen atoms in total. The number of hydrogen-bond donors (Lipinski definition) is 1. The first-order chi connectivity index (χ1) is 14.8. The van der Waals surface area contributed by atoms with E-state index in [4.69, 9.17) is 0 Å². The third-order valence-electron chi connectivity index (χ3n) is 5.67. The third kappa shape index (κ3) is 5.18. The van der Waals surface area contributed by atoms with Crippen molar-refractivity contribution < 1.29 is 27.9 Å². The second-order valence-electron chi connectivity index (χ2n) is 7.76. The topological polar surface area (TPSA) is 60.9 Å². The number of piperidine rings is 1. The van der Waals surface area contributed by atoms with Gasteiger partial charge in [-0.2, -0.15) is 0 Å². The van der Waals surface area contributed by atoms with Crippen molar-refractivity contribution in [1.29, 1.82) is 0 Å². The van der Waals surface area contributed by atoms with Crippen molar-refractivity contribution in [2.75, 3.05) is 13.1 Å². The average Bonchev–Trinajstić information content (AvgIpc) is 2.73. The first-order valence-electron chi connectivity index (χ1n) is 10.3. The summed E-state index contributed by atoms with van der Waals surface area (Å²) in [7, 11) is 0. The van der Waals surface area contributed by atoms with Gasteiger partial charge in [-0.3, -0.25) is 4.79 Å². The molecular weight excluding hydrogens is 409 g/mol. The Bertz CT molecular complexity index is 939. The van der Waals surface area contributed by atoms with Crippen molar-refractivity contribution in [3.05, 3.63) is 71.0 Å². The number of likely N-dealkylation sites (tertiary alicyclic amines) is 1. The zero-order chi connectivity index (χ0) is 22.5. The summed E-state index contributed by atoms with van der Waals surface area (Å²) in [5, 5.41) is 9.82. The number of nitrogens with zero attached hydrogens (tertiary/aromatic N) is 2. The maximum Gasteiger partial charge on any atom is 0.407 e. The molecule has 2 amide bonds. The standard InChI is InChI=1S/C23H25F3N2O3/c1-2-3-9-28(23(30)31)21-14-27(13-15-7-5-4-6-8-15)22(29)11-17(21)16-10-19(25)20(26)12-18(16)24/h4-8,10,12,17,21H,2-3,9,11,13-14H2,1H3,(H,30,31)/t17-,21+/m0/s1. The number of rotatable bonds is 7. The molecule has 1 aliphatic rings. The fourth-order valence-corrected chi connectivity index (χ4v) is 4.05. The van der Waals surface area contributed by atoms with E-state index in [-0.39, 0.29) is 37.5 Å². The first-order valence-corrected chi connectivity index (χ1v) is 10.3. The molecule has 0 bridgehead atoms. The minimum Gasteiger partial charge on any atom is -0.465 e. The molecule has 1 N–H and O–H groups in total. The molecule has 8 heteroatoms. The number of benzene rings is 2. The maximum absolute atomic E-state index is 14.6. The number of carbonyl (C=O) groups excluding carboxylic acids is 1. The van der Waals surface area contributed by atoms with Crippen LogP contribution in [0.4, 0.5) is 18.0 Å². The first kappa shape index (κ1) is 22.7. The Labute approximate surface area is 179 Å². The second-order valence-corrected chi connectivity index (χ2v) is 7.76. The van der Waals surface area contributed by atoms with Crippen LogP contribution in [0.15, 0.2) is 42.5 Å². The largest absolute Gasteiger partial charge is 0.465 e. The SMILES string of the molecule is CCCCN(C(=O)O)[C@@H]1CN(Cc2ccccc2)C(=O)C[C@H]1c1cc(F)c(F)cc1F. The minimum absolute atomic E-state index is 0.0346. The van der Waals surface area contributed by atoms with Gasteiger partial charge in [0.25, 0.3) is 0 Å². The van der Waals surface area contributed by atoms with Gasteiger partial charge in [0.05, 0.1) is 6.04 Å². The lowest BCUT2D eigenvalue weighted by Gasteiger charge is -2.43. The van der Waals surface area contributed by atoms with E-state index in [1.807, 2.05) is 37.3 Å². The van der Waals surface area contributed by atoms with E-state index in [1.165, 1.54) is 9.80 Å². The van der Waals surface area contributed by atoms with Crippen LogP contribution in [0.3, 0.4) is 0 Å². The van der Waals surface area contributed by atoms with Crippen LogP contribution in [0.5, 0.6) is 0 Å². The molecule has 0 saturated carbocycles. The monoisotopic (exact) mass is 434 g/mol. The fraction of sp³-hybridized carbons (Fsp3) is 0.391. The molecule has 0 spiro atoms. The smallest absolute Gasteiger partial charge is 0.407 e. The molecular formula is C23H25F3N2O3. The molecule has 0 aliphatic carbocycles. The summed E-state index contributed by atoms with van der Waals surface area (Å²) in [6, 6.07) is 9.64. The molecule has 1 saturated heterocycles. The lowest BCUT2D eigenvalue weighted by molar-refractivity contribution is -0.136. The zero-order valence-electron chi connectivity index (χ0n) is 17.2. The van der Waals surface area contributed by atoms with Crippen LogP contribution in [0.2, 0.25) is 0 Å². The van der Waals surface area contributed by atoms with Gasteiger partial charge in [0.2, 0.25) is 5.91 Å². The van der Waals surface area contributed by atoms with Crippen LogP contribution in [0.25, 0.3) is 0 Å². The van der Waals surface area contributed by atoms with Crippen molar-refractivity contribution >= 4 is 12.0 Å². The average molecular weight is 434 g/mol. The highest BCUT2D eigenvalue weighted by Gasteiger charge is 2.41. The van der Waals surface area contributed by atoms with Crippen LogP contribution >= 0.6 is 0 Å². The zero-order valence-corrected chi connectivity index (χ0v) is 17.2. The van der Waals surface area contributed by atoms with Crippen LogP contribution in [0, 0.1) is 17.5 Å². The number of halogens is 3. The second kappa shape index (κ2) is 9.85. The van der Waals surface area contributed by atoms with Crippen molar-refractivity contribution in [2.45, 2.75) is 44.7 Å². The van der Waals surface area contributed by atoms with Crippen LogP contribution in [-0.4, -0.2) is 46.0 Å². The van der Waals surface area contributed by atoms with Gasteiger partial charge < -0.3 is 14.9 Å². The lowest BCUT2D eigenvalue weighted by atomic mass is 9.83. The molecule has 0 unspecified atom stereocenters. The number of hydrogen-bond acceptors (Lipinski definition) is 2. The molecule has 2 aromatic rings. The highest BCUT2D eigenvalue weighted by atomic mass is 19.2. The van der Waals surface area contributed by atoms with Crippen molar-refractivity contribution in [1.82, 2.24) is 9.80 Å².